The first-order valence-electron chi connectivity index (χ1n) is 4.61. The monoisotopic (exact) mass is 304 g/mol. The van der Waals surface area contributed by atoms with Crippen molar-refractivity contribution in [2.24, 2.45) is 0 Å². The van der Waals surface area contributed by atoms with E-state index in [1.807, 2.05) is 0 Å². The van der Waals surface area contributed by atoms with Crippen LogP contribution in [-0.4, -0.2) is 4.98 Å². The first kappa shape index (κ1) is 12.8. The van der Waals surface area contributed by atoms with Crippen LogP contribution in [0.5, 0.6) is 0 Å². The smallest absolute Gasteiger partial charge is 0.130 e. The molecule has 2 nitrogen and oxygen atoms in total. The molecule has 0 spiro atoms. The molecule has 0 bridgehead atoms. The molecule has 1 heterocycles. The standard InChI is InChI=1S/C11H7Cl3N2S/c12-6-1-2-7(13)9(5-6)17-11-8(15)3-4-10(14)16-11/h1-5H,15H2. The number of pyridine rings is 1. The fourth-order valence-electron chi connectivity index (χ4n) is 1.17. The number of aromatic nitrogens is 1. The molecule has 0 fully saturated rings. The zero-order valence-corrected chi connectivity index (χ0v) is 11.5. The summed E-state index contributed by atoms with van der Waals surface area (Å²) >= 11 is 19.1. The molecule has 0 aliphatic rings. The van der Waals surface area contributed by atoms with Gasteiger partial charge in [-0.3, -0.25) is 0 Å². The quantitative estimate of drug-likeness (QED) is 0.812. The fourth-order valence-corrected chi connectivity index (χ4v) is 2.73. The molecule has 0 radical (unpaired) electrons. The van der Waals surface area contributed by atoms with Crippen molar-refractivity contribution in [1.82, 2.24) is 4.98 Å². The van der Waals surface area contributed by atoms with Gasteiger partial charge in [0, 0.05) is 9.92 Å². The van der Waals surface area contributed by atoms with Crippen LogP contribution in [0.1, 0.15) is 0 Å². The van der Waals surface area contributed by atoms with Crippen LogP contribution in [0.2, 0.25) is 15.2 Å². The van der Waals surface area contributed by atoms with Crippen LogP contribution >= 0.6 is 46.6 Å². The van der Waals surface area contributed by atoms with Gasteiger partial charge < -0.3 is 5.73 Å². The lowest BCUT2D eigenvalue weighted by Gasteiger charge is -2.06. The Balaban J connectivity index is 2.37. The average Bonchev–Trinajstić information content (AvgIpc) is 2.28. The van der Waals surface area contributed by atoms with E-state index in [1.165, 1.54) is 11.8 Å². The Morgan fingerprint density at radius 1 is 1.06 bits per heavy atom. The van der Waals surface area contributed by atoms with Crippen LogP contribution in [0.15, 0.2) is 40.3 Å². The van der Waals surface area contributed by atoms with E-state index in [0.717, 1.165) is 4.90 Å². The molecule has 0 saturated heterocycles. The van der Waals surface area contributed by atoms with Gasteiger partial charge >= 0.3 is 0 Å². The maximum Gasteiger partial charge on any atom is 0.130 e. The van der Waals surface area contributed by atoms with Crippen molar-refractivity contribution in [2.45, 2.75) is 9.92 Å². The summed E-state index contributed by atoms with van der Waals surface area (Å²) in [5.74, 6) is 0. The van der Waals surface area contributed by atoms with E-state index in [9.17, 15) is 0 Å². The molecule has 0 amide bonds. The topological polar surface area (TPSA) is 38.9 Å². The minimum atomic E-state index is 0.389. The van der Waals surface area contributed by atoms with Crippen LogP contribution in [0, 0.1) is 0 Å². The van der Waals surface area contributed by atoms with E-state index < -0.39 is 0 Å². The van der Waals surface area contributed by atoms with Crippen molar-refractivity contribution in [3.05, 3.63) is 45.5 Å². The van der Waals surface area contributed by atoms with Gasteiger partial charge in [0.2, 0.25) is 0 Å². The average molecular weight is 306 g/mol. The van der Waals surface area contributed by atoms with Crippen molar-refractivity contribution in [3.8, 4) is 0 Å². The van der Waals surface area contributed by atoms with Crippen molar-refractivity contribution >= 4 is 52.3 Å². The lowest BCUT2D eigenvalue weighted by molar-refractivity contribution is 1.14. The van der Waals surface area contributed by atoms with E-state index in [2.05, 4.69) is 4.98 Å². The molecule has 0 saturated carbocycles. The van der Waals surface area contributed by atoms with E-state index in [1.54, 1.807) is 30.3 Å². The van der Waals surface area contributed by atoms with Gasteiger partial charge in [0.15, 0.2) is 0 Å². The molecule has 2 aromatic rings. The van der Waals surface area contributed by atoms with Gasteiger partial charge in [-0.25, -0.2) is 4.98 Å². The van der Waals surface area contributed by atoms with Crippen LogP contribution in [0.3, 0.4) is 0 Å². The van der Waals surface area contributed by atoms with Crippen molar-refractivity contribution in [3.63, 3.8) is 0 Å². The molecule has 0 aliphatic carbocycles. The van der Waals surface area contributed by atoms with Gasteiger partial charge in [0.05, 0.1) is 10.7 Å². The lowest BCUT2D eigenvalue weighted by atomic mass is 10.4. The van der Waals surface area contributed by atoms with Crippen LogP contribution < -0.4 is 5.73 Å². The van der Waals surface area contributed by atoms with Crippen molar-refractivity contribution < 1.29 is 0 Å². The molecule has 0 atom stereocenters. The molecular formula is C11H7Cl3N2S. The van der Waals surface area contributed by atoms with Gasteiger partial charge in [0.25, 0.3) is 0 Å². The summed E-state index contributed by atoms with van der Waals surface area (Å²) in [4.78, 5) is 4.93. The number of nitrogens with two attached hydrogens (primary N) is 1. The third-order valence-corrected chi connectivity index (χ3v) is 3.92. The van der Waals surface area contributed by atoms with Gasteiger partial charge in [-0.05, 0) is 30.3 Å². The van der Waals surface area contributed by atoms with Gasteiger partial charge in [-0.15, -0.1) is 0 Å². The maximum absolute atomic E-state index is 6.06. The summed E-state index contributed by atoms with van der Waals surface area (Å²) in [6.07, 6.45) is 0. The molecule has 0 aliphatic heterocycles. The Hall–Kier alpha value is -0.610. The van der Waals surface area contributed by atoms with Crippen molar-refractivity contribution in [1.29, 1.82) is 0 Å². The minimum absolute atomic E-state index is 0.389. The number of nitrogen functional groups attached to an aromatic ring is 1. The van der Waals surface area contributed by atoms with Crippen LogP contribution in [-0.2, 0) is 0 Å². The first-order valence-corrected chi connectivity index (χ1v) is 6.56. The van der Waals surface area contributed by atoms with Crippen molar-refractivity contribution in [2.75, 3.05) is 5.73 Å². The molecule has 6 heteroatoms. The number of anilines is 1. The summed E-state index contributed by atoms with van der Waals surface area (Å²) in [6.45, 7) is 0. The molecule has 2 N–H and O–H groups in total. The number of benzene rings is 1. The van der Waals surface area contributed by atoms with Gasteiger partial charge in [0.1, 0.15) is 10.2 Å². The summed E-state index contributed by atoms with van der Waals surface area (Å²) in [7, 11) is 0. The van der Waals surface area contributed by atoms with Crippen LogP contribution in [0.25, 0.3) is 0 Å². The number of rotatable bonds is 2. The van der Waals surface area contributed by atoms with E-state index in [-0.39, 0.29) is 0 Å². The predicted octanol–water partition coefficient (Wildman–Crippen LogP) is 4.78. The molecule has 88 valence electrons. The first-order chi connectivity index (χ1) is 8.06. The largest absolute Gasteiger partial charge is 0.397 e. The Kier molecular flexibility index (Phi) is 4.05. The van der Waals surface area contributed by atoms with Gasteiger partial charge in [-0.1, -0.05) is 46.6 Å². The molecular weight excluding hydrogens is 299 g/mol. The molecule has 1 aromatic carbocycles. The molecule has 2 rings (SSSR count). The van der Waals surface area contributed by atoms with E-state index >= 15 is 0 Å². The highest BCUT2D eigenvalue weighted by Gasteiger charge is 2.08. The number of nitrogens with zero attached hydrogens (tertiary/aromatic N) is 1. The third-order valence-electron chi connectivity index (χ3n) is 1.96. The highest BCUT2D eigenvalue weighted by atomic mass is 35.5. The summed E-state index contributed by atoms with van der Waals surface area (Å²) in [6, 6.07) is 8.56. The highest BCUT2D eigenvalue weighted by molar-refractivity contribution is 7.99. The summed E-state index contributed by atoms with van der Waals surface area (Å²) in [5.41, 5.74) is 6.36. The van der Waals surface area contributed by atoms with E-state index in [4.69, 9.17) is 40.5 Å². The fraction of sp³-hybridized carbons (Fsp3) is 0. The second kappa shape index (κ2) is 5.36. The van der Waals surface area contributed by atoms with Gasteiger partial charge in [-0.2, -0.15) is 0 Å². The highest BCUT2D eigenvalue weighted by Crippen LogP contribution is 2.36. The summed E-state index contributed by atoms with van der Waals surface area (Å²) < 4.78 is 0. The molecule has 17 heavy (non-hydrogen) atoms. The Bertz CT molecular complexity index is 511. The van der Waals surface area contributed by atoms with E-state index in [0.29, 0.717) is 25.9 Å². The second-order valence-electron chi connectivity index (χ2n) is 3.21. The Morgan fingerprint density at radius 2 is 1.82 bits per heavy atom. The predicted molar refractivity (Wildman–Crippen MR) is 74.2 cm³/mol. The second-order valence-corrected chi connectivity index (χ2v) is 5.47. The zero-order valence-electron chi connectivity index (χ0n) is 8.45. The molecule has 0 unspecified atom stereocenters. The number of hydrogen-bond acceptors (Lipinski definition) is 3. The normalized spacial score (nSPS) is 10.5. The Morgan fingerprint density at radius 3 is 2.59 bits per heavy atom. The Labute approximate surface area is 118 Å². The molecule has 1 aromatic heterocycles. The summed E-state index contributed by atoms with van der Waals surface area (Å²) in [5, 5.41) is 2.21. The zero-order chi connectivity index (χ0) is 12.4. The number of hydrogen-bond donors (Lipinski definition) is 1. The number of halogens is 3. The SMILES string of the molecule is Nc1ccc(Cl)nc1Sc1cc(Cl)ccc1Cl. The third kappa shape index (κ3) is 3.19. The minimum Gasteiger partial charge on any atom is -0.397 e. The lowest BCUT2D eigenvalue weighted by Crippen LogP contribution is -1.91. The maximum atomic E-state index is 6.06. The van der Waals surface area contributed by atoms with Crippen LogP contribution in [0.4, 0.5) is 5.69 Å².